The first-order valence-corrected chi connectivity index (χ1v) is 10.3. The molecule has 8 heteroatoms. The predicted molar refractivity (Wildman–Crippen MR) is 108 cm³/mol. The summed E-state index contributed by atoms with van der Waals surface area (Å²) >= 11 is 1.28. The van der Waals surface area contributed by atoms with Crippen molar-refractivity contribution in [2.75, 3.05) is 5.75 Å². The van der Waals surface area contributed by atoms with E-state index in [1.165, 1.54) is 17.8 Å². The Morgan fingerprint density at radius 2 is 2.04 bits per heavy atom. The highest BCUT2D eigenvalue weighted by atomic mass is 32.2. The van der Waals surface area contributed by atoms with E-state index >= 15 is 0 Å². The van der Waals surface area contributed by atoms with Crippen LogP contribution in [0.4, 0.5) is 4.39 Å². The normalized spacial score (nSPS) is 12.3. The van der Waals surface area contributed by atoms with E-state index < -0.39 is 0 Å². The molecule has 0 radical (unpaired) electrons. The quantitative estimate of drug-likeness (QED) is 0.614. The maximum atomic E-state index is 14.1. The van der Waals surface area contributed by atoms with Gasteiger partial charge in [-0.2, -0.15) is 4.98 Å². The molecule has 0 aliphatic rings. The van der Waals surface area contributed by atoms with Gasteiger partial charge in [0.2, 0.25) is 11.1 Å². The Balaban J connectivity index is 1.81. The Morgan fingerprint density at radius 3 is 2.75 bits per heavy atom. The van der Waals surface area contributed by atoms with E-state index in [0.29, 0.717) is 22.9 Å². The van der Waals surface area contributed by atoms with Crippen LogP contribution in [0.5, 0.6) is 0 Å². The Bertz CT molecular complexity index is 1000. The van der Waals surface area contributed by atoms with Gasteiger partial charge in [-0.3, -0.25) is 4.79 Å². The van der Waals surface area contributed by atoms with E-state index in [4.69, 9.17) is 0 Å². The van der Waals surface area contributed by atoms with Crippen molar-refractivity contribution in [3.8, 4) is 0 Å². The zero-order chi connectivity index (χ0) is 20.3. The summed E-state index contributed by atoms with van der Waals surface area (Å²) in [4.78, 5) is 20.9. The highest BCUT2D eigenvalue weighted by Gasteiger charge is 2.16. The molecule has 1 atom stereocenters. The molecule has 0 saturated carbocycles. The number of nitrogens with zero attached hydrogens (tertiary/aromatic N) is 4. The van der Waals surface area contributed by atoms with Gasteiger partial charge in [-0.25, -0.2) is 13.9 Å². The molecule has 6 nitrogen and oxygen atoms in total. The number of rotatable bonds is 7. The molecule has 148 valence electrons. The van der Waals surface area contributed by atoms with Crippen LogP contribution >= 0.6 is 11.8 Å². The number of hydrogen-bond acceptors (Lipinski definition) is 5. The van der Waals surface area contributed by atoms with Gasteiger partial charge in [-0.05, 0) is 44.4 Å². The number of aryl methyl sites for hydroxylation is 2. The van der Waals surface area contributed by atoms with Gasteiger partial charge in [0.1, 0.15) is 5.82 Å². The number of benzene rings is 1. The van der Waals surface area contributed by atoms with E-state index in [1.54, 1.807) is 16.6 Å². The number of hydrogen-bond donors (Lipinski definition) is 1. The van der Waals surface area contributed by atoms with E-state index in [2.05, 4.69) is 20.4 Å². The first-order chi connectivity index (χ1) is 13.4. The highest BCUT2D eigenvalue weighted by Crippen LogP contribution is 2.21. The van der Waals surface area contributed by atoms with E-state index in [9.17, 15) is 9.18 Å². The average Bonchev–Trinajstić information content (AvgIpc) is 3.07. The second-order valence-corrected chi connectivity index (χ2v) is 7.74. The number of nitrogens with one attached hydrogen (secondary N) is 1. The summed E-state index contributed by atoms with van der Waals surface area (Å²) in [5, 5.41) is 7.90. The maximum Gasteiger partial charge on any atom is 0.253 e. The number of halogens is 1. The van der Waals surface area contributed by atoms with Gasteiger partial charge in [0, 0.05) is 23.9 Å². The molecule has 0 aliphatic heterocycles. The molecule has 3 aromatic rings. The van der Waals surface area contributed by atoms with Crippen molar-refractivity contribution in [3.63, 3.8) is 0 Å². The van der Waals surface area contributed by atoms with E-state index in [0.717, 1.165) is 23.4 Å². The molecule has 2 aromatic heterocycles. The summed E-state index contributed by atoms with van der Waals surface area (Å²) in [5.74, 6) is 0.460. The highest BCUT2D eigenvalue weighted by molar-refractivity contribution is 7.99. The van der Waals surface area contributed by atoms with Gasteiger partial charge in [0.25, 0.3) is 5.78 Å². The van der Waals surface area contributed by atoms with Crippen LogP contribution in [-0.4, -0.2) is 37.3 Å². The second-order valence-electron chi connectivity index (χ2n) is 6.80. The van der Waals surface area contributed by atoms with Crippen molar-refractivity contribution in [1.82, 2.24) is 24.9 Å². The van der Waals surface area contributed by atoms with Crippen molar-refractivity contribution in [3.05, 3.63) is 52.6 Å². The van der Waals surface area contributed by atoms with Crippen LogP contribution in [0, 0.1) is 19.7 Å². The van der Waals surface area contributed by atoms with E-state index in [1.807, 2.05) is 33.8 Å². The molecular formula is C20H24FN5OS. The summed E-state index contributed by atoms with van der Waals surface area (Å²) in [6, 6.07) is 6.88. The summed E-state index contributed by atoms with van der Waals surface area (Å²) in [7, 11) is 0. The molecular weight excluding hydrogens is 377 g/mol. The average molecular weight is 402 g/mol. The second kappa shape index (κ2) is 8.68. The zero-order valence-electron chi connectivity index (χ0n) is 16.5. The number of thioether (sulfide) groups is 1. The lowest BCUT2D eigenvalue weighted by atomic mass is 10.0. The van der Waals surface area contributed by atoms with Crippen LogP contribution < -0.4 is 5.32 Å². The zero-order valence-corrected chi connectivity index (χ0v) is 17.3. The molecule has 0 aliphatic carbocycles. The van der Waals surface area contributed by atoms with Gasteiger partial charge >= 0.3 is 0 Å². The number of carbonyl (C=O) groups is 1. The topological polar surface area (TPSA) is 72.2 Å². The fourth-order valence-corrected chi connectivity index (χ4v) is 3.52. The van der Waals surface area contributed by atoms with E-state index in [-0.39, 0.29) is 23.5 Å². The minimum atomic E-state index is -0.233. The smallest absolute Gasteiger partial charge is 0.253 e. The van der Waals surface area contributed by atoms with Gasteiger partial charge in [0.15, 0.2) is 0 Å². The van der Waals surface area contributed by atoms with Crippen molar-refractivity contribution in [2.45, 2.75) is 51.7 Å². The molecule has 0 saturated heterocycles. The van der Waals surface area contributed by atoms with Crippen LogP contribution in [0.15, 0.2) is 29.4 Å². The molecule has 1 amide bonds. The SMILES string of the molecule is CC[C@@H](C)NC(=O)CSc1nc2nc(C)c(Cc3ccccc3F)c(C)n2n1. The van der Waals surface area contributed by atoms with Gasteiger partial charge in [-0.15, -0.1) is 5.10 Å². The third-order valence-electron chi connectivity index (χ3n) is 4.71. The van der Waals surface area contributed by atoms with Crippen LogP contribution in [0.2, 0.25) is 0 Å². The molecule has 0 unspecified atom stereocenters. The fraction of sp³-hybridized carbons (Fsp3) is 0.400. The van der Waals surface area contributed by atoms with Crippen molar-refractivity contribution < 1.29 is 9.18 Å². The van der Waals surface area contributed by atoms with Crippen LogP contribution in [0.25, 0.3) is 5.78 Å². The van der Waals surface area contributed by atoms with Crippen molar-refractivity contribution >= 4 is 23.4 Å². The number of fused-ring (bicyclic) bond motifs is 1. The molecule has 0 spiro atoms. The van der Waals surface area contributed by atoms with Gasteiger partial charge < -0.3 is 5.32 Å². The molecule has 2 heterocycles. The van der Waals surface area contributed by atoms with Crippen LogP contribution in [0.1, 0.15) is 42.8 Å². The lowest BCUT2D eigenvalue weighted by Gasteiger charge is -2.11. The number of amides is 1. The minimum Gasteiger partial charge on any atom is -0.353 e. The van der Waals surface area contributed by atoms with Crippen LogP contribution in [-0.2, 0) is 11.2 Å². The summed E-state index contributed by atoms with van der Waals surface area (Å²) in [6.07, 6.45) is 1.32. The Labute approximate surface area is 168 Å². The standard InChI is InChI=1S/C20H24FN5OS/c1-5-12(2)22-18(27)11-28-20-24-19-23-13(3)16(14(4)26(19)25-20)10-15-8-6-7-9-17(15)21/h6-9,12H,5,10-11H2,1-4H3,(H,22,27)/t12-/m1/s1. The molecule has 1 aromatic carbocycles. The molecule has 3 rings (SSSR count). The van der Waals surface area contributed by atoms with Crippen LogP contribution in [0.3, 0.4) is 0 Å². The Morgan fingerprint density at radius 1 is 1.29 bits per heavy atom. The number of carbonyl (C=O) groups excluding carboxylic acids is 1. The van der Waals surface area contributed by atoms with Gasteiger partial charge in [0.05, 0.1) is 5.75 Å². The lowest BCUT2D eigenvalue weighted by Crippen LogP contribution is -2.33. The summed E-state index contributed by atoms with van der Waals surface area (Å²) < 4.78 is 15.7. The summed E-state index contributed by atoms with van der Waals surface area (Å²) in [5.41, 5.74) is 3.21. The third-order valence-corrected chi connectivity index (χ3v) is 5.54. The maximum absolute atomic E-state index is 14.1. The first kappa shape index (κ1) is 20.3. The molecule has 0 fully saturated rings. The molecule has 1 N–H and O–H groups in total. The molecule has 0 bridgehead atoms. The first-order valence-electron chi connectivity index (χ1n) is 9.27. The monoisotopic (exact) mass is 401 g/mol. The third kappa shape index (κ3) is 4.49. The predicted octanol–water partition coefficient (Wildman–Crippen LogP) is 3.48. The minimum absolute atomic E-state index is 0.0423. The molecule has 28 heavy (non-hydrogen) atoms. The van der Waals surface area contributed by atoms with Crippen molar-refractivity contribution in [1.29, 1.82) is 0 Å². The lowest BCUT2D eigenvalue weighted by molar-refractivity contribution is -0.119. The Hall–Kier alpha value is -2.48. The largest absolute Gasteiger partial charge is 0.353 e. The number of aromatic nitrogens is 4. The Kier molecular flexibility index (Phi) is 6.28. The summed E-state index contributed by atoms with van der Waals surface area (Å²) in [6.45, 7) is 7.82. The fourth-order valence-electron chi connectivity index (χ4n) is 2.89. The van der Waals surface area contributed by atoms with Gasteiger partial charge in [-0.1, -0.05) is 36.9 Å². The van der Waals surface area contributed by atoms with Crippen molar-refractivity contribution in [2.24, 2.45) is 0 Å².